The monoisotopic (exact) mass is 403 g/mol. The highest BCUT2D eigenvalue weighted by Gasteiger charge is 2.32. The summed E-state index contributed by atoms with van der Waals surface area (Å²) < 4.78 is 101. The Labute approximate surface area is 143 Å². The average Bonchev–Trinajstić information content (AvgIpc) is 2.47. The van der Waals surface area contributed by atoms with Gasteiger partial charge in [0.2, 0.25) is 0 Å². The summed E-state index contributed by atoms with van der Waals surface area (Å²) in [4.78, 5) is -0.503. The molecule has 0 aliphatic rings. The molecule has 0 aliphatic heterocycles. The van der Waals surface area contributed by atoms with E-state index in [-0.39, 0.29) is 5.69 Å². The lowest BCUT2D eigenvalue weighted by molar-refractivity contribution is -0.138. The third-order valence-electron chi connectivity index (χ3n) is 3.03. The van der Waals surface area contributed by atoms with Crippen molar-refractivity contribution < 1.29 is 34.8 Å². The van der Waals surface area contributed by atoms with E-state index in [0.717, 1.165) is 18.2 Å². The molecule has 0 bridgehead atoms. The first-order chi connectivity index (χ1) is 11.3. The van der Waals surface area contributed by atoms with Crippen molar-refractivity contribution in [2.24, 2.45) is 0 Å². The van der Waals surface area contributed by atoms with E-state index in [4.69, 9.17) is 11.6 Å². The summed E-state index contributed by atoms with van der Waals surface area (Å²) in [6, 6.07) is 4.56. The quantitative estimate of drug-likeness (QED) is 0.718. The van der Waals surface area contributed by atoms with Gasteiger partial charge in [-0.3, -0.25) is 4.72 Å². The number of sulfonamides is 1. The summed E-state index contributed by atoms with van der Waals surface area (Å²) in [5.41, 5.74) is -2.46. The molecule has 2 aromatic carbocycles. The van der Waals surface area contributed by atoms with Crippen molar-refractivity contribution in [3.05, 3.63) is 58.6 Å². The first-order valence-electron chi connectivity index (χ1n) is 6.37. The fourth-order valence-corrected chi connectivity index (χ4v) is 3.16. The minimum Gasteiger partial charge on any atom is -0.278 e. The summed E-state index contributed by atoms with van der Waals surface area (Å²) in [7, 11) is -4.33. The van der Waals surface area contributed by atoms with Gasteiger partial charge in [0.05, 0.1) is 26.7 Å². The number of rotatable bonds is 3. The average molecular weight is 404 g/mol. The van der Waals surface area contributed by atoms with Crippen LogP contribution in [0.5, 0.6) is 0 Å². The van der Waals surface area contributed by atoms with Gasteiger partial charge < -0.3 is 0 Å². The molecule has 25 heavy (non-hydrogen) atoms. The first kappa shape index (κ1) is 19.4. The van der Waals surface area contributed by atoms with Crippen LogP contribution in [0.3, 0.4) is 0 Å². The third kappa shape index (κ3) is 4.57. The van der Waals surface area contributed by atoms with Crippen LogP contribution >= 0.6 is 11.6 Å². The first-order valence-corrected chi connectivity index (χ1v) is 8.23. The fraction of sp³-hybridized carbons (Fsp3) is 0.143. The van der Waals surface area contributed by atoms with Crippen LogP contribution in [-0.4, -0.2) is 8.42 Å². The zero-order valence-electron chi connectivity index (χ0n) is 11.9. The van der Waals surface area contributed by atoms with Crippen LogP contribution < -0.4 is 4.72 Å². The van der Waals surface area contributed by atoms with Gasteiger partial charge in [0, 0.05) is 0 Å². The number of alkyl halides is 6. The Morgan fingerprint density at radius 3 is 1.72 bits per heavy atom. The van der Waals surface area contributed by atoms with Crippen LogP contribution in [-0.2, 0) is 22.4 Å². The highest BCUT2D eigenvalue weighted by Crippen LogP contribution is 2.35. The Balaban J connectivity index is 2.30. The molecule has 0 spiro atoms. The van der Waals surface area contributed by atoms with E-state index in [1.807, 2.05) is 4.72 Å². The van der Waals surface area contributed by atoms with E-state index in [1.165, 1.54) is 0 Å². The molecule has 0 saturated carbocycles. The Morgan fingerprint density at radius 1 is 0.800 bits per heavy atom. The normalized spacial score (nSPS) is 12.9. The smallest absolute Gasteiger partial charge is 0.278 e. The highest BCUT2D eigenvalue weighted by atomic mass is 35.5. The van der Waals surface area contributed by atoms with Gasteiger partial charge in [-0.1, -0.05) is 11.6 Å². The standard InChI is InChI=1S/C14H8ClF6NO2S/c15-11-7-9(14(19,20)21)3-6-12(11)22-25(23,24)10-4-1-8(2-5-10)13(16,17)18/h1-7,22H. The van der Waals surface area contributed by atoms with Crippen LogP contribution in [0.2, 0.25) is 5.02 Å². The molecule has 3 nitrogen and oxygen atoms in total. The molecule has 1 N–H and O–H groups in total. The maximum atomic E-state index is 12.5. The van der Waals surface area contributed by atoms with Gasteiger partial charge in [-0.25, -0.2) is 8.42 Å². The van der Waals surface area contributed by atoms with E-state index in [0.29, 0.717) is 24.3 Å². The van der Waals surface area contributed by atoms with Crippen molar-refractivity contribution in [1.82, 2.24) is 0 Å². The Kier molecular flexibility index (Phi) is 4.97. The van der Waals surface area contributed by atoms with Crippen LogP contribution in [0.4, 0.5) is 32.0 Å². The molecule has 11 heteroatoms. The van der Waals surface area contributed by atoms with Crippen molar-refractivity contribution in [2.75, 3.05) is 4.72 Å². The molecule has 0 fully saturated rings. The summed E-state index contributed by atoms with van der Waals surface area (Å²) in [5, 5.41) is -0.509. The van der Waals surface area contributed by atoms with Crippen LogP contribution in [0.15, 0.2) is 47.4 Å². The molecule has 0 aromatic heterocycles. The largest absolute Gasteiger partial charge is 0.416 e. The van der Waals surface area contributed by atoms with Crippen molar-refractivity contribution in [3.63, 3.8) is 0 Å². The molecular weight excluding hydrogens is 396 g/mol. The molecule has 2 aromatic rings. The van der Waals surface area contributed by atoms with Gasteiger partial charge in [-0.15, -0.1) is 0 Å². The Hall–Kier alpha value is -1.94. The van der Waals surface area contributed by atoms with Crippen molar-refractivity contribution >= 4 is 27.3 Å². The predicted molar refractivity (Wildman–Crippen MR) is 78.7 cm³/mol. The van der Waals surface area contributed by atoms with Gasteiger partial charge >= 0.3 is 12.4 Å². The minimum atomic E-state index is -4.66. The molecule has 0 atom stereocenters. The van der Waals surface area contributed by atoms with Crippen LogP contribution in [0, 0.1) is 0 Å². The summed E-state index contributed by atoms with van der Waals surface area (Å²) >= 11 is 5.64. The number of anilines is 1. The Morgan fingerprint density at radius 2 is 1.28 bits per heavy atom. The van der Waals surface area contributed by atoms with E-state index < -0.39 is 43.4 Å². The molecular formula is C14H8ClF6NO2S. The number of hydrogen-bond acceptors (Lipinski definition) is 2. The van der Waals surface area contributed by atoms with Gasteiger partial charge in [-0.2, -0.15) is 26.3 Å². The summed E-state index contributed by atoms with van der Waals surface area (Å²) in [6.07, 6.45) is -9.29. The van der Waals surface area contributed by atoms with Crippen molar-refractivity contribution in [3.8, 4) is 0 Å². The van der Waals surface area contributed by atoms with Crippen molar-refractivity contribution in [2.45, 2.75) is 17.2 Å². The van der Waals surface area contributed by atoms with E-state index in [2.05, 4.69) is 0 Å². The fourth-order valence-electron chi connectivity index (χ4n) is 1.80. The third-order valence-corrected chi connectivity index (χ3v) is 4.73. The zero-order chi connectivity index (χ0) is 19.0. The second-order valence-corrected chi connectivity index (χ2v) is 6.91. The number of halogens is 7. The molecule has 0 aliphatic carbocycles. The maximum absolute atomic E-state index is 12.5. The summed E-state index contributed by atoms with van der Waals surface area (Å²) in [6.45, 7) is 0. The maximum Gasteiger partial charge on any atom is 0.416 e. The second-order valence-electron chi connectivity index (χ2n) is 4.82. The molecule has 136 valence electrons. The van der Waals surface area contributed by atoms with Gasteiger partial charge in [0.15, 0.2) is 0 Å². The summed E-state index contributed by atoms with van der Waals surface area (Å²) in [5.74, 6) is 0. The van der Waals surface area contributed by atoms with Gasteiger partial charge in [0.1, 0.15) is 0 Å². The lowest BCUT2D eigenvalue weighted by Gasteiger charge is -2.13. The number of benzene rings is 2. The number of hydrogen-bond donors (Lipinski definition) is 1. The lowest BCUT2D eigenvalue weighted by Crippen LogP contribution is -2.14. The molecule has 0 saturated heterocycles. The van der Waals surface area contributed by atoms with Gasteiger partial charge in [0.25, 0.3) is 10.0 Å². The lowest BCUT2D eigenvalue weighted by atomic mass is 10.2. The van der Waals surface area contributed by atoms with Crippen LogP contribution in [0.1, 0.15) is 11.1 Å². The van der Waals surface area contributed by atoms with Crippen LogP contribution in [0.25, 0.3) is 0 Å². The molecule has 2 rings (SSSR count). The van der Waals surface area contributed by atoms with E-state index in [9.17, 15) is 34.8 Å². The minimum absolute atomic E-state index is 0.338. The van der Waals surface area contributed by atoms with Gasteiger partial charge in [-0.05, 0) is 42.5 Å². The second kappa shape index (κ2) is 6.41. The SMILES string of the molecule is O=S(=O)(Nc1ccc(C(F)(F)F)cc1Cl)c1ccc(C(F)(F)F)cc1. The molecule has 0 amide bonds. The highest BCUT2D eigenvalue weighted by molar-refractivity contribution is 7.92. The number of nitrogens with one attached hydrogen (secondary N) is 1. The zero-order valence-corrected chi connectivity index (χ0v) is 13.5. The van der Waals surface area contributed by atoms with Crippen molar-refractivity contribution in [1.29, 1.82) is 0 Å². The molecule has 0 unspecified atom stereocenters. The topological polar surface area (TPSA) is 46.2 Å². The molecule has 0 heterocycles. The van der Waals surface area contributed by atoms with E-state index in [1.54, 1.807) is 0 Å². The predicted octanol–water partition coefficient (Wildman–Crippen LogP) is 5.18. The van der Waals surface area contributed by atoms with E-state index >= 15 is 0 Å². The molecule has 0 radical (unpaired) electrons. The Bertz CT molecular complexity index is 876.